The van der Waals surface area contributed by atoms with Gasteiger partial charge in [0.1, 0.15) is 11.9 Å². The number of nitrogens with two attached hydrogens (primary N) is 1. The van der Waals surface area contributed by atoms with E-state index >= 15 is 0 Å². The largest absolute Gasteiger partial charge is 0.371 e. The van der Waals surface area contributed by atoms with Gasteiger partial charge in [0.05, 0.1) is 12.2 Å². The Morgan fingerprint density at radius 1 is 0.869 bits per heavy atom. The lowest BCUT2D eigenvalue weighted by atomic mass is 9.88. The van der Waals surface area contributed by atoms with Crippen molar-refractivity contribution in [2.24, 2.45) is 18.7 Å². The highest BCUT2D eigenvalue weighted by Crippen LogP contribution is 2.33. The van der Waals surface area contributed by atoms with Crippen molar-refractivity contribution in [2.75, 3.05) is 81.1 Å². The van der Waals surface area contributed by atoms with Gasteiger partial charge >= 0.3 is 11.7 Å². The summed E-state index contributed by atoms with van der Waals surface area (Å²) < 4.78 is 2.63. The third-order valence-electron chi connectivity index (χ3n) is 13.1. The fraction of sp³-hybridized carbons (Fsp3) is 0.488. The van der Waals surface area contributed by atoms with Crippen LogP contribution in [0.2, 0.25) is 0 Å². The van der Waals surface area contributed by atoms with Crippen LogP contribution in [0.25, 0.3) is 11.4 Å². The molecular formula is C43H53N13O5. The van der Waals surface area contributed by atoms with Crippen LogP contribution in [0, 0.1) is 5.92 Å². The number of nitrogens with one attached hydrogen (secondary N) is 2. The monoisotopic (exact) mass is 831 g/mol. The number of hydrogen-bond donors (Lipinski definition) is 3. The molecule has 5 fully saturated rings. The number of imide groups is 1. The predicted octanol–water partition coefficient (Wildman–Crippen LogP) is 2.51. The molecule has 7 heterocycles. The van der Waals surface area contributed by atoms with Gasteiger partial charge in [0.25, 0.3) is 11.8 Å². The van der Waals surface area contributed by atoms with Crippen LogP contribution >= 0.6 is 0 Å². The molecule has 0 radical (unpaired) electrons. The lowest BCUT2D eigenvalue weighted by molar-refractivity contribution is -0.136. The first-order valence-electron chi connectivity index (χ1n) is 21.4. The number of urea groups is 1. The van der Waals surface area contributed by atoms with Crippen LogP contribution < -0.4 is 31.9 Å². The Balaban J connectivity index is 0.750. The maximum absolute atomic E-state index is 13.0. The minimum Gasteiger partial charge on any atom is -0.371 e. The highest BCUT2D eigenvalue weighted by atomic mass is 16.2. The number of benzene rings is 2. The standard InChI is InChI=1S/C43H53N13O5/c1-50-20-21-55(42(50)60)33-4-3-17-53(26-33)35-22-45-37(38(44)58)39(47-35)46-31-9-5-28(6-10-31)29-15-18-52(19-16-29)23-27-24-54(25-27)32-11-7-30(8-12-32)40-49-56(43(61)51(40)2)34-13-14-36(57)48-41(34)59/h5-12,22,27,29,33-34H,3-4,13-21,23-26H2,1-2H3,(H2,44,58)(H,46,47)(H,48,57,59)/t33-,34?/m1/s1. The normalized spacial score (nSPS) is 21.8. The van der Waals surface area contributed by atoms with E-state index in [0.29, 0.717) is 35.8 Å². The van der Waals surface area contributed by atoms with E-state index in [2.05, 4.69) is 59.7 Å². The van der Waals surface area contributed by atoms with Crippen molar-refractivity contribution >= 4 is 46.8 Å². The fourth-order valence-corrected chi connectivity index (χ4v) is 9.56. The number of aromatic nitrogens is 5. The van der Waals surface area contributed by atoms with Crippen LogP contribution in [0.3, 0.4) is 0 Å². The number of likely N-dealkylation sites (tertiary alicyclic amines) is 1. The van der Waals surface area contributed by atoms with Crippen molar-refractivity contribution in [1.29, 1.82) is 0 Å². The number of amides is 5. The number of primary amides is 1. The van der Waals surface area contributed by atoms with Crippen molar-refractivity contribution in [2.45, 2.75) is 56.5 Å². The average Bonchev–Trinajstić information content (AvgIpc) is 3.75. The molecular weight excluding hydrogens is 779 g/mol. The molecule has 5 saturated heterocycles. The average molecular weight is 832 g/mol. The number of likely N-dealkylation sites (N-methyl/N-ethyl adjacent to an activating group) is 1. The molecule has 9 rings (SSSR count). The molecule has 4 N–H and O–H groups in total. The third-order valence-corrected chi connectivity index (χ3v) is 13.1. The van der Waals surface area contributed by atoms with E-state index in [-0.39, 0.29) is 36.5 Å². The van der Waals surface area contributed by atoms with Crippen LogP contribution in [0.15, 0.2) is 59.5 Å². The van der Waals surface area contributed by atoms with Gasteiger partial charge in [-0.1, -0.05) is 12.1 Å². The number of anilines is 4. The minimum absolute atomic E-state index is 0.0663. The Morgan fingerprint density at radius 2 is 1.62 bits per heavy atom. The molecule has 2 atom stereocenters. The van der Waals surface area contributed by atoms with Gasteiger partial charge < -0.3 is 35.6 Å². The minimum atomic E-state index is -0.799. The van der Waals surface area contributed by atoms with Crippen LogP contribution in [-0.2, 0) is 16.6 Å². The lowest BCUT2D eigenvalue weighted by Gasteiger charge is -2.44. The van der Waals surface area contributed by atoms with E-state index in [1.165, 1.54) is 14.8 Å². The van der Waals surface area contributed by atoms with Gasteiger partial charge in [0.2, 0.25) is 5.91 Å². The summed E-state index contributed by atoms with van der Waals surface area (Å²) in [6, 6.07) is 15.8. The molecule has 0 spiro atoms. The zero-order valence-corrected chi connectivity index (χ0v) is 34.7. The first-order chi connectivity index (χ1) is 29.5. The predicted molar refractivity (Wildman–Crippen MR) is 229 cm³/mol. The first-order valence-corrected chi connectivity index (χ1v) is 21.4. The van der Waals surface area contributed by atoms with Crippen LogP contribution in [-0.4, -0.2) is 135 Å². The smallest absolute Gasteiger partial charge is 0.346 e. The maximum Gasteiger partial charge on any atom is 0.346 e. The molecule has 5 aliphatic rings. The second kappa shape index (κ2) is 16.6. The number of carbonyl (C=O) groups excluding carboxylic acids is 4. The second-order valence-corrected chi connectivity index (χ2v) is 17.1. The molecule has 2 aromatic carbocycles. The number of carbonyl (C=O) groups is 4. The molecule has 5 amide bonds. The molecule has 1 unspecified atom stereocenters. The fourth-order valence-electron chi connectivity index (χ4n) is 9.56. The number of rotatable bonds is 11. The highest BCUT2D eigenvalue weighted by molar-refractivity contribution is 5.99. The van der Waals surface area contributed by atoms with E-state index in [0.717, 1.165) is 95.0 Å². The molecule has 18 heteroatoms. The van der Waals surface area contributed by atoms with Gasteiger partial charge in [-0.05, 0) is 93.1 Å². The van der Waals surface area contributed by atoms with Gasteiger partial charge in [-0.2, -0.15) is 0 Å². The molecule has 61 heavy (non-hydrogen) atoms. The summed E-state index contributed by atoms with van der Waals surface area (Å²) in [4.78, 5) is 82.0. The molecule has 0 bridgehead atoms. The zero-order chi connectivity index (χ0) is 42.4. The van der Waals surface area contributed by atoms with E-state index < -0.39 is 23.5 Å². The topological polar surface area (TPSA) is 200 Å². The van der Waals surface area contributed by atoms with E-state index in [4.69, 9.17) is 10.7 Å². The van der Waals surface area contributed by atoms with Crippen molar-refractivity contribution in [3.8, 4) is 11.4 Å². The van der Waals surface area contributed by atoms with E-state index in [1.807, 2.05) is 36.2 Å². The Hall–Kier alpha value is -6.30. The Labute approximate surface area is 353 Å². The number of nitrogens with zero attached hydrogens (tertiary/aromatic N) is 10. The third kappa shape index (κ3) is 8.15. The molecule has 320 valence electrons. The molecule has 0 saturated carbocycles. The van der Waals surface area contributed by atoms with E-state index in [1.54, 1.807) is 18.1 Å². The Morgan fingerprint density at radius 3 is 2.31 bits per heavy atom. The van der Waals surface area contributed by atoms with Crippen molar-refractivity contribution < 1.29 is 19.2 Å². The van der Waals surface area contributed by atoms with Gasteiger partial charge in [-0.3, -0.25) is 24.3 Å². The Kier molecular flexibility index (Phi) is 10.9. The summed E-state index contributed by atoms with van der Waals surface area (Å²) in [7, 11) is 3.48. The molecule has 0 aliphatic carbocycles. The van der Waals surface area contributed by atoms with Crippen LogP contribution in [0.5, 0.6) is 0 Å². The second-order valence-electron chi connectivity index (χ2n) is 17.1. The summed E-state index contributed by atoms with van der Waals surface area (Å²) >= 11 is 0. The van der Waals surface area contributed by atoms with Gasteiger partial charge in [0.15, 0.2) is 17.3 Å². The Bertz CT molecular complexity index is 2370. The van der Waals surface area contributed by atoms with E-state index in [9.17, 15) is 24.0 Å². The summed E-state index contributed by atoms with van der Waals surface area (Å²) in [5.74, 6) is 1.02. The van der Waals surface area contributed by atoms with Crippen LogP contribution in [0.4, 0.5) is 27.8 Å². The highest BCUT2D eigenvalue weighted by Gasteiger charge is 2.36. The van der Waals surface area contributed by atoms with Gasteiger partial charge in [-0.25, -0.2) is 24.2 Å². The summed E-state index contributed by atoms with van der Waals surface area (Å²) in [6.07, 6.45) is 6.06. The summed E-state index contributed by atoms with van der Waals surface area (Å²) in [5, 5.41) is 10.1. The molecule has 18 nitrogen and oxygen atoms in total. The van der Waals surface area contributed by atoms with Gasteiger partial charge in [-0.15, -0.1) is 5.10 Å². The number of piperidine rings is 3. The molecule has 5 aliphatic heterocycles. The summed E-state index contributed by atoms with van der Waals surface area (Å²) in [6.45, 7) is 8.03. The van der Waals surface area contributed by atoms with Crippen molar-refractivity contribution in [3.05, 3.63) is 76.5 Å². The van der Waals surface area contributed by atoms with Gasteiger partial charge in [0, 0.05) is 89.2 Å². The molecule has 4 aromatic rings. The summed E-state index contributed by atoms with van der Waals surface area (Å²) in [5.41, 5.74) is 9.41. The maximum atomic E-state index is 13.0. The van der Waals surface area contributed by atoms with Crippen LogP contribution in [0.1, 0.15) is 66.5 Å². The first kappa shape index (κ1) is 40.1. The van der Waals surface area contributed by atoms with Crippen molar-refractivity contribution in [1.82, 2.24) is 44.3 Å². The SMILES string of the molecule is CN1CCN([C@@H]2CCCN(c3cnc(C(N)=O)c(Nc4ccc(C5CCN(CC6CN(c7ccc(-c8nn(C9CCC(=O)NC9=O)c(=O)n8C)cc7)C6)CC5)cc4)n3)C2)C1=O. The molecule has 2 aromatic heterocycles. The number of hydrogen-bond acceptors (Lipinski definition) is 12. The quantitative estimate of drug-likeness (QED) is 0.187. The zero-order valence-electron chi connectivity index (χ0n) is 34.7. The lowest BCUT2D eigenvalue weighted by Crippen LogP contribution is -2.52. The van der Waals surface area contributed by atoms with Crippen molar-refractivity contribution in [3.63, 3.8) is 0 Å².